The summed E-state index contributed by atoms with van der Waals surface area (Å²) >= 11 is 0. The maximum atomic E-state index is 11.7. The minimum absolute atomic E-state index is 0.368. The van der Waals surface area contributed by atoms with Gasteiger partial charge in [0.1, 0.15) is 17.4 Å². The van der Waals surface area contributed by atoms with Gasteiger partial charge in [-0.25, -0.2) is 4.98 Å². The number of benzene rings is 2. The lowest BCUT2D eigenvalue weighted by molar-refractivity contribution is -0.138. The number of hydrogen-bond acceptors (Lipinski definition) is 5. The van der Waals surface area contributed by atoms with Crippen LogP contribution in [0.15, 0.2) is 83.4 Å². The summed E-state index contributed by atoms with van der Waals surface area (Å²) in [4.78, 5) is 20.5. The molecule has 0 fully saturated rings. The summed E-state index contributed by atoms with van der Waals surface area (Å²) in [6.45, 7) is 2.37. The molecule has 0 amide bonds. The molecular weight excluding hydrogens is 404 g/mol. The van der Waals surface area contributed by atoms with Crippen LogP contribution >= 0.6 is 0 Å². The first kappa shape index (κ1) is 21.3. The molecular formula is C26H24N2O4. The number of carboxylic acids is 1. The molecule has 0 aliphatic heterocycles. The van der Waals surface area contributed by atoms with Gasteiger partial charge < -0.3 is 14.3 Å². The number of hydrogen-bond donors (Lipinski definition) is 1. The third-order valence-corrected chi connectivity index (χ3v) is 5.23. The lowest BCUT2D eigenvalue weighted by Crippen LogP contribution is -2.15. The van der Waals surface area contributed by atoms with Crippen LogP contribution in [0.25, 0.3) is 11.5 Å². The van der Waals surface area contributed by atoms with Crippen LogP contribution in [0.3, 0.4) is 0 Å². The zero-order chi connectivity index (χ0) is 22.3. The van der Waals surface area contributed by atoms with Crippen LogP contribution in [-0.2, 0) is 17.6 Å². The second-order valence-electron chi connectivity index (χ2n) is 7.48. The Labute approximate surface area is 186 Å². The van der Waals surface area contributed by atoms with Gasteiger partial charge in [-0.15, -0.1) is 0 Å². The maximum absolute atomic E-state index is 11.7. The van der Waals surface area contributed by atoms with E-state index in [4.69, 9.17) is 9.15 Å². The van der Waals surface area contributed by atoms with E-state index in [2.05, 4.69) is 9.97 Å². The molecule has 0 aliphatic carbocycles. The number of pyridine rings is 1. The van der Waals surface area contributed by atoms with E-state index in [9.17, 15) is 9.90 Å². The molecule has 0 saturated carbocycles. The van der Waals surface area contributed by atoms with Crippen molar-refractivity contribution in [3.63, 3.8) is 0 Å². The van der Waals surface area contributed by atoms with Gasteiger partial charge in [0.05, 0.1) is 18.0 Å². The first-order valence-electron chi connectivity index (χ1n) is 10.5. The highest BCUT2D eigenvalue weighted by molar-refractivity contribution is 5.75. The quantitative estimate of drug-likeness (QED) is 0.400. The number of ether oxygens (including phenoxy) is 1. The standard InChI is InChI=1S/C26H24N2O4/c1-18-23(28-25(32-18)20-7-3-2-4-8-20)14-16-31-21-12-10-19(11-13-21)17-22(26(29)30)24-9-5-6-15-27-24/h2-13,15,22H,14,16-17H2,1H3,(H,29,30)/t22-/m1/s1. The Morgan fingerprint density at radius 1 is 1.03 bits per heavy atom. The van der Waals surface area contributed by atoms with E-state index in [1.807, 2.05) is 61.5 Å². The zero-order valence-electron chi connectivity index (χ0n) is 17.8. The molecule has 6 heteroatoms. The third kappa shape index (κ3) is 5.21. The van der Waals surface area contributed by atoms with Gasteiger partial charge in [0.2, 0.25) is 5.89 Å². The Morgan fingerprint density at radius 2 is 1.78 bits per heavy atom. The van der Waals surface area contributed by atoms with Crippen LogP contribution in [0.5, 0.6) is 5.75 Å². The molecule has 4 rings (SSSR count). The molecule has 0 bridgehead atoms. The van der Waals surface area contributed by atoms with Crippen molar-refractivity contribution in [3.8, 4) is 17.2 Å². The van der Waals surface area contributed by atoms with Crippen LogP contribution in [0.1, 0.15) is 28.6 Å². The smallest absolute Gasteiger partial charge is 0.312 e. The van der Waals surface area contributed by atoms with Crippen molar-refractivity contribution in [2.45, 2.75) is 25.7 Å². The predicted molar refractivity (Wildman–Crippen MR) is 121 cm³/mol. The number of oxazole rings is 1. The number of nitrogens with zero attached hydrogens (tertiary/aromatic N) is 2. The molecule has 0 saturated heterocycles. The fraction of sp³-hybridized carbons (Fsp3) is 0.192. The molecule has 1 atom stereocenters. The van der Waals surface area contributed by atoms with Crippen LogP contribution in [0.2, 0.25) is 0 Å². The summed E-state index contributed by atoms with van der Waals surface area (Å²) in [6, 6.07) is 22.6. The summed E-state index contributed by atoms with van der Waals surface area (Å²) in [5, 5.41) is 9.59. The van der Waals surface area contributed by atoms with Gasteiger partial charge in [0.15, 0.2) is 0 Å². The summed E-state index contributed by atoms with van der Waals surface area (Å²) in [5.41, 5.74) is 3.29. The highest BCUT2D eigenvalue weighted by Gasteiger charge is 2.21. The highest BCUT2D eigenvalue weighted by atomic mass is 16.5. The minimum Gasteiger partial charge on any atom is -0.493 e. The second kappa shape index (κ2) is 9.92. The molecule has 2 aromatic heterocycles. The van der Waals surface area contributed by atoms with E-state index in [0.717, 1.165) is 28.3 Å². The van der Waals surface area contributed by atoms with Gasteiger partial charge in [0, 0.05) is 18.2 Å². The number of aryl methyl sites for hydroxylation is 1. The van der Waals surface area contributed by atoms with E-state index < -0.39 is 11.9 Å². The van der Waals surface area contributed by atoms with E-state index in [1.165, 1.54) is 0 Å². The summed E-state index contributed by atoms with van der Waals surface area (Å²) in [7, 11) is 0. The lowest BCUT2D eigenvalue weighted by Gasteiger charge is -2.12. The van der Waals surface area contributed by atoms with Crippen molar-refractivity contribution in [2.24, 2.45) is 0 Å². The Morgan fingerprint density at radius 3 is 2.47 bits per heavy atom. The molecule has 0 spiro atoms. The minimum atomic E-state index is -0.887. The average Bonchev–Trinajstić information content (AvgIpc) is 3.20. The largest absolute Gasteiger partial charge is 0.493 e. The van der Waals surface area contributed by atoms with Crippen LogP contribution in [0, 0.1) is 6.92 Å². The van der Waals surface area contributed by atoms with Crippen LogP contribution in [0.4, 0.5) is 0 Å². The van der Waals surface area contributed by atoms with Crippen LogP contribution < -0.4 is 4.74 Å². The summed E-state index contributed by atoms with van der Waals surface area (Å²) < 4.78 is 11.7. The normalized spacial score (nSPS) is 11.8. The number of carbonyl (C=O) groups is 1. The van der Waals surface area contributed by atoms with Gasteiger partial charge in [-0.2, -0.15) is 0 Å². The van der Waals surface area contributed by atoms with E-state index >= 15 is 0 Å². The van der Waals surface area contributed by atoms with E-state index in [0.29, 0.717) is 31.0 Å². The maximum Gasteiger partial charge on any atom is 0.312 e. The third-order valence-electron chi connectivity index (χ3n) is 5.23. The van der Waals surface area contributed by atoms with Crippen molar-refractivity contribution in [2.75, 3.05) is 6.61 Å². The van der Waals surface area contributed by atoms with Gasteiger partial charge in [-0.05, 0) is 55.3 Å². The number of aromatic nitrogens is 2. The Bertz CT molecular complexity index is 1160. The van der Waals surface area contributed by atoms with Crippen molar-refractivity contribution < 1.29 is 19.1 Å². The van der Waals surface area contributed by atoms with Crippen molar-refractivity contribution in [1.29, 1.82) is 0 Å². The number of aliphatic carboxylic acids is 1. The molecule has 4 aromatic rings. The zero-order valence-corrected chi connectivity index (χ0v) is 17.8. The molecule has 32 heavy (non-hydrogen) atoms. The summed E-state index contributed by atoms with van der Waals surface area (Å²) in [5.74, 6) is 0.557. The van der Waals surface area contributed by atoms with Crippen LogP contribution in [-0.4, -0.2) is 27.7 Å². The van der Waals surface area contributed by atoms with E-state index in [-0.39, 0.29) is 0 Å². The summed E-state index contributed by atoms with van der Waals surface area (Å²) in [6.07, 6.45) is 2.61. The molecule has 2 heterocycles. The molecule has 2 aromatic carbocycles. The van der Waals surface area contributed by atoms with Crippen molar-refractivity contribution in [3.05, 3.63) is 102 Å². The molecule has 6 nitrogen and oxygen atoms in total. The molecule has 1 N–H and O–H groups in total. The van der Waals surface area contributed by atoms with E-state index in [1.54, 1.807) is 24.4 Å². The van der Waals surface area contributed by atoms with Gasteiger partial charge in [-0.1, -0.05) is 36.4 Å². The van der Waals surface area contributed by atoms with Gasteiger partial charge in [-0.3, -0.25) is 9.78 Å². The first-order valence-corrected chi connectivity index (χ1v) is 10.5. The predicted octanol–water partition coefficient (Wildman–Crippen LogP) is 5.08. The Balaban J connectivity index is 1.34. The molecule has 0 unspecified atom stereocenters. The Kier molecular flexibility index (Phi) is 6.60. The fourth-order valence-corrected chi connectivity index (χ4v) is 3.49. The highest BCUT2D eigenvalue weighted by Crippen LogP contribution is 2.23. The molecule has 0 aliphatic rings. The molecule has 0 radical (unpaired) electrons. The monoisotopic (exact) mass is 428 g/mol. The number of rotatable bonds is 9. The number of carboxylic acid groups (broad SMARTS) is 1. The Hall–Kier alpha value is -3.93. The fourth-order valence-electron chi connectivity index (χ4n) is 3.49. The van der Waals surface area contributed by atoms with Crippen molar-refractivity contribution >= 4 is 5.97 Å². The van der Waals surface area contributed by atoms with Gasteiger partial charge in [0.25, 0.3) is 0 Å². The van der Waals surface area contributed by atoms with Gasteiger partial charge >= 0.3 is 5.97 Å². The topological polar surface area (TPSA) is 85.5 Å². The molecule has 162 valence electrons. The average molecular weight is 428 g/mol. The van der Waals surface area contributed by atoms with Crippen molar-refractivity contribution in [1.82, 2.24) is 9.97 Å². The SMILES string of the molecule is Cc1oc(-c2ccccc2)nc1CCOc1ccc(C[C@@H](C(=O)O)c2ccccn2)cc1. The second-order valence-corrected chi connectivity index (χ2v) is 7.48. The first-order chi connectivity index (χ1) is 15.6. The lowest BCUT2D eigenvalue weighted by atomic mass is 9.96.